The predicted molar refractivity (Wildman–Crippen MR) is 72.4 cm³/mol. The number of piperidine rings is 1. The van der Waals surface area contributed by atoms with Crippen LogP contribution >= 0.6 is 11.3 Å². The molecule has 0 radical (unpaired) electrons. The molecule has 1 aliphatic rings. The fourth-order valence-corrected chi connectivity index (χ4v) is 3.25. The summed E-state index contributed by atoms with van der Waals surface area (Å²) in [5, 5.41) is 7.54. The van der Waals surface area contributed by atoms with E-state index in [0.717, 1.165) is 19.5 Å². The third kappa shape index (κ3) is 3.93. The van der Waals surface area contributed by atoms with Crippen LogP contribution in [0.4, 0.5) is 0 Å². The fourth-order valence-electron chi connectivity index (χ4n) is 2.58. The van der Waals surface area contributed by atoms with E-state index in [9.17, 15) is 4.79 Å². The van der Waals surface area contributed by atoms with Gasteiger partial charge in [0.2, 0.25) is 0 Å². The standard InChI is InChI=1S/C14H21NOS/c1-11(13-3-2-5-15-9-13)7-14(16)8-12-4-6-17-10-12/h4,6,10-11,13,15H,2-3,5,7-9H2,1H3. The summed E-state index contributed by atoms with van der Waals surface area (Å²) in [6.07, 6.45) is 3.89. The van der Waals surface area contributed by atoms with Gasteiger partial charge in [-0.1, -0.05) is 6.92 Å². The molecule has 0 spiro atoms. The summed E-state index contributed by atoms with van der Waals surface area (Å²) in [4.78, 5) is 11.9. The molecule has 1 aromatic heterocycles. The molecule has 2 atom stereocenters. The van der Waals surface area contributed by atoms with Crippen LogP contribution in [-0.2, 0) is 11.2 Å². The largest absolute Gasteiger partial charge is 0.316 e. The molecular weight excluding hydrogens is 230 g/mol. The first-order chi connectivity index (χ1) is 8.25. The highest BCUT2D eigenvalue weighted by Crippen LogP contribution is 2.23. The van der Waals surface area contributed by atoms with E-state index in [2.05, 4.69) is 23.7 Å². The summed E-state index contributed by atoms with van der Waals surface area (Å²) < 4.78 is 0. The number of hydrogen-bond donors (Lipinski definition) is 1. The molecule has 1 N–H and O–H groups in total. The predicted octanol–water partition coefficient (Wildman–Crippen LogP) is 2.89. The Morgan fingerprint density at radius 2 is 2.53 bits per heavy atom. The summed E-state index contributed by atoms with van der Waals surface area (Å²) in [6.45, 7) is 4.46. The molecule has 94 valence electrons. The number of rotatable bonds is 5. The number of ketones is 1. The first-order valence-electron chi connectivity index (χ1n) is 6.49. The average molecular weight is 251 g/mol. The molecule has 2 unspecified atom stereocenters. The Bertz CT molecular complexity index is 341. The number of carbonyl (C=O) groups is 1. The van der Waals surface area contributed by atoms with Crippen molar-refractivity contribution >= 4 is 17.1 Å². The molecule has 0 aliphatic carbocycles. The molecule has 1 aromatic rings. The molecule has 2 heterocycles. The number of nitrogens with one attached hydrogen (secondary N) is 1. The maximum Gasteiger partial charge on any atom is 0.137 e. The van der Waals surface area contributed by atoms with Crippen molar-refractivity contribution in [2.75, 3.05) is 13.1 Å². The van der Waals surface area contributed by atoms with E-state index in [1.54, 1.807) is 11.3 Å². The van der Waals surface area contributed by atoms with E-state index < -0.39 is 0 Å². The van der Waals surface area contributed by atoms with Gasteiger partial charge in [-0.25, -0.2) is 0 Å². The van der Waals surface area contributed by atoms with Crippen molar-refractivity contribution in [3.63, 3.8) is 0 Å². The zero-order valence-corrected chi connectivity index (χ0v) is 11.3. The van der Waals surface area contributed by atoms with Crippen molar-refractivity contribution in [3.05, 3.63) is 22.4 Å². The number of Topliss-reactive ketones (excluding diaryl/α,β-unsaturated/α-hetero) is 1. The number of hydrogen-bond acceptors (Lipinski definition) is 3. The second-order valence-electron chi connectivity index (χ2n) is 5.13. The minimum Gasteiger partial charge on any atom is -0.316 e. The van der Waals surface area contributed by atoms with Crippen LogP contribution in [0.2, 0.25) is 0 Å². The topological polar surface area (TPSA) is 29.1 Å². The summed E-state index contributed by atoms with van der Waals surface area (Å²) in [7, 11) is 0. The molecule has 0 bridgehead atoms. The Morgan fingerprint density at radius 3 is 3.18 bits per heavy atom. The molecule has 3 heteroatoms. The van der Waals surface area contributed by atoms with Crippen LogP contribution in [0.3, 0.4) is 0 Å². The monoisotopic (exact) mass is 251 g/mol. The maximum atomic E-state index is 11.9. The Labute approximate surface area is 107 Å². The third-order valence-electron chi connectivity index (χ3n) is 3.67. The second kappa shape index (κ2) is 6.31. The van der Waals surface area contributed by atoms with Gasteiger partial charge in [0.15, 0.2) is 0 Å². The Balaban J connectivity index is 1.77. The zero-order valence-electron chi connectivity index (χ0n) is 10.4. The van der Waals surface area contributed by atoms with Crippen molar-refractivity contribution in [2.45, 2.75) is 32.6 Å². The molecule has 1 aliphatic heterocycles. The van der Waals surface area contributed by atoms with Crippen molar-refractivity contribution < 1.29 is 4.79 Å². The van der Waals surface area contributed by atoms with E-state index in [1.165, 1.54) is 18.4 Å². The lowest BCUT2D eigenvalue weighted by Gasteiger charge is -2.27. The first kappa shape index (κ1) is 12.8. The fraction of sp³-hybridized carbons (Fsp3) is 0.643. The molecule has 2 rings (SSSR count). The molecule has 17 heavy (non-hydrogen) atoms. The molecule has 0 amide bonds. The quantitative estimate of drug-likeness (QED) is 0.872. The van der Waals surface area contributed by atoms with Crippen LogP contribution in [-0.4, -0.2) is 18.9 Å². The van der Waals surface area contributed by atoms with Crippen molar-refractivity contribution in [2.24, 2.45) is 11.8 Å². The van der Waals surface area contributed by atoms with Gasteiger partial charge in [0.1, 0.15) is 5.78 Å². The summed E-state index contributed by atoms with van der Waals surface area (Å²) in [5.74, 6) is 1.60. The van der Waals surface area contributed by atoms with E-state index in [-0.39, 0.29) is 0 Å². The SMILES string of the molecule is CC(CC(=O)Cc1ccsc1)C1CCCNC1. The highest BCUT2D eigenvalue weighted by molar-refractivity contribution is 7.07. The van der Waals surface area contributed by atoms with Crippen LogP contribution in [0.5, 0.6) is 0 Å². The summed E-state index contributed by atoms with van der Waals surface area (Å²) in [5.41, 5.74) is 1.17. The van der Waals surface area contributed by atoms with Gasteiger partial charge >= 0.3 is 0 Å². The van der Waals surface area contributed by atoms with E-state index in [1.807, 2.05) is 5.38 Å². The van der Waals surface area contributed by atoms with Gasteiger partial charge in [0, 0.05) is 12.8 Å². The van der Waals surface area contributed by atoms with E-state index >= 15 is 0 Å². The molecule has 2 nitrogen and oxygen atoms in total. The lowest BCUT2D eigenvalue weighted by atomic mass is 9.84. The van der Waals surface area contributed by atoms with Crippen molar-refractivity contribution in [3.8, 4) is 0 Å². The van der Waals surface area contributed by atoms with E-state index in [4.69, 9.17) is 0 Å². The van der Waals surface area contributed by atoms with Gasteiger partial charge in [0.25, 0.3) is 0 Å². The van der Waals surface area contributed by atoms with Gasteiger partial charge in [-0.05, 0) is 60.2 Å². The van der Waals surface area contributed by atoms with Gasteiger partial charge in [0.05, 0.1) is 0 Å². The van der Waals surface area contributed by atoms with Gasteiger partial charge in [-0.15, -0.1) is 0 Å². The minimum atomic E-state index is 0.390. The third-order valence-corrected chi connectivity index (χ3v) is 4.40. The van der Waals surface area contributed by atoms with E-state index in [0.29, 0.717) is 24.0 Å². The van der Waals surface area contributed by atoms with Crippen LogP contribution < -0.4 is 5.32 Å². The van der Waals surface area contributed by atoms with Crippen LogP contribution in [0.25, 0.3) is 0 Å². The Hall–Kier alpha value is -0.670. The van der Waals surface area contributed by atoms with Crippen LogP contribution in [0.1, 0.15) is 31.7 Å². The smallest absolute Gasteiger partial charge is 0.137 e. The van der Waals surface area contributed by atoms with Crippen LogP contribution in [0, 0.1) is 11.8 Å². The number of thiophene rings is 1. The normalized spacial score (nSPS) is 22.3. The van der Waals surface area contributed by atoms with Crippen molar-refractivity contribution in [1.82, 2.24) is 5.32 Å². The number of carbonyl (C=O) groups excluding carboxylic acids is 1. The molecule has 0 saturated carbocycles. The maximum absolute atomic E-state index is 11.9. The first-order valence-corrected chi connectivity index (χ1v) is 7.43. The summed E-state index contributed by atoms with van der Waals surface area (Å²) >= 11 is 1.67. The van der Waals surface area contributed by atoms with Crippen LogP contribution in [0.15, 0.2) is 16.8 Å². The van der Waals surface area contributed by atoms with Gasteiger partial charge in [-0.3, -0.25) is 4.79 Å². The lowest BCUT2D eigenvalue weighted by molar-refractivity contribution is -0.119. The Morgan fingerprint density at radius 1 is 1.65 bits per heavy atom. The Kier molecular flexibility index (Phi) is 4.75. The summed E-state index contributed by atoms with van der Waals surface area (Å²) in [6, 6.07) is 2.05. The minimum absolute atomic E-state index is 0.390. The highest BCUT2D eigenvalue weighted by atomic mass is 32.1. The average Bonchev–Trinajstić information content (AvgIpc) is 2.82. The van der Waals surface area contributed by atoms with Crippen molar-refractivity contribution in [1.29, 1.82) is 0 Å². The molecule has 1 fully saturated rings. The molecule has 0 aromatic carbocycles. The molecular formula is C14H21NOS. The second-order valence-corrected chi connectivity index (χ2v) is 5.91. The lowest BCUT2D eigenvalue weighted by Crippen LogP contribution is -2.34. The molecule has 1 saturated heterocycles. The van der Waals surface area contributed by atoms with Gasteiger partial charge < -0.3 is 5.32 Å². The van der Waals surface area contributed by atoms with Gasteiger partial charge in [-0.2, -0.15) is 11.3 Å². The zero-order chi connectivity index (χ0) is 12.1. The highest BCUT2D eigenvalue weighted by Gasteiger charge is 2.21.